The topological polar surface area (TPSA) is 58.6 Å². The van der Waals surface area contributed by atoms with Gasteiger partial charge in [0.05, 0.1) is 24.6 Å². The summed E-state index contributed by atoms with van der Waals surface area (Å²) in [6, 6.07) is 7.98. The molecule has 0 radical (unpaired) electrons. The summed E-state index contributed by atoms with van der Waals surface area (Å²) in [5.41, 5.74) is 0.940. The first-order valence-corrected chi connectivity index (χ1v) is 7.64. The summed E-state index contributed by atoms with van der Waals surface area (Å²) < 4.78 is 5.30. The Kier molecular flexibility index (Phi) is 3.38. The van der Waals surface area contributed by atoms with Gasteiger partial charge in [-0.1, -0.05) is 12.1 Å². The van der Waals surface area contributed by atoms with Gasteiger partial charge in [0.25, 0.3) is 0 Å². The second-order valence-electron chi connectivity index (χ2n) is 5.75. The fourth-order valence-electron chi connectivity index (χ4n) is 3.09. The van der Waals surface area contributed by atoms with Gasteiger partial charge in [0.15, 0.2) is 0 Å². The van der Waals surface area contributed by atoms with E-state index < -0.39 is 0 Å². The molecule has 2 aromatic rings. The number of carbonyl (C=O) groups is 1. The summed E-state index contributed by atoms with van der Waals surface area (Å²) in [5, 5.41) is 1.04. The van der Waals surface area contributed by atoms with Crippen molar-refractivity contribution in [3.05, 3.63) is 30.6 Å². The zero-order valence-corrected chi connectivity index (χ0v) is 12.3. The van der Waals surface area contributed by atoms with Crippen LogP contribution in [0.15, 0.2) is 30.6 Å². The van der Waals surface area contributed by atoms with Crippen molar-refractivity contribution >= 4 is 22.6 Å². The lowest BCUT2D eigenvalue weighted by Crippen LogP contribution is -2.56. The molecule has 1 amide bonds. The van der Waals surface area contributed by atoms with Gasteiger partial charge in [-0.15, -0.1) is 0 Å². The number of carbonyl (C=O) groups excluding carboxylic acids is 1. The molecule has 0 N–H and O–H groups in total. The van der Waals surface area contributed by atoms with E-state index in [9.17, 15) is 4.79 Å². The average Bonchev–Trinajstić information content (AvgIpc) is 2.54. The van der Waals surface area contributed by atoms with E-state index in [0.29, 0.717) is 26.3 Å². The second kappa shape index (κ2) is 5.53. The minimum absolute atomic E-state index is 0.0758. The van der Waals surface area contributed by atoms with Crippen LogP contribution in [-0.2, 0) is 9.53 Å². The van der Waals surface area contributed by atoms with E-state index in [1.54, 1.807) is 6.33 Å². The number of hydrogen-bond acceptors (Lipinski definition) is 5. The van der Waals surface area contributed by atoms with Crippen LogP contribution in [0.2, 0.25) is 0 Å². The molecule has 2 fully saturated rings. The lowest BCUT2D eigenvalue weighted by atomic mass is 9.97. The predicted molar refractivity (Wildman–Crippen MR) is 82.6 cm³/mol. The minimum atomic E-state index is 0.0758. The van der Waals surface area contributed by atoms with Gasteiger partial charge in [0, 0.05) is 31.6 Å². The Labute approximate surface area is 128 Å². The largest absolute Gasteiger partial charge is 0.378 e. The van der Waals surface area contributed by atoms with Gasteiger partial charge in [0.1, 0.15) is 12.1 Å². The molecular formula is C16H18N4O2. The van der Waals surface area contributed by atoms with Crippen molar-refractivity contribution in [2.24, 2.45) is 5.92 Å². The van der Waals surface area contributed by atoms with Crippen LogP contribution in [0.3, 0.4) is 0 Å². The molecule has 2 aliphatic heterocycles. The van der Waals surface area contributed by atoms with Crippen LogP contribution in [0.4, 0.5) is 5.82 Å². The fourth-order valence-corrected chi connectivity index (χ4v) is 3.09. The molecule has 0 unspecified atom stereocenters. The van der Waals surface area contributed by atoms with Crippen molar-refractivity contribution in [1.82, 2.24) is 14.9 Å². The summed E-state index contributed by atoms with van der Waals surface area (Å²) in [6.07, 6.45) is 1.59. The van der Waals surface area contributed by atoms with Gasteiger partial charge in [-0.3, -0.25) is 4.79 Å². The van der Waals surface area contributed by atoms with Crippen molar-refractivity contribution in [2.75, 3.05) is 44.3 Å². The number of anilines is 1. The molecular weight excluding hydrogens is 280 g/mol. The molecule has 6 nitrogen and oxygen atoms in total. The van der Waals surface area contributed by atoms with E-state index in [1.165, 1.54) is 0 Å². The molecule has 0 spiro atoms. The zero-order chi connectivity index (χ0) is 14.9. The van der Waals surface area contributed by atoms with E-state index in [2.05, 4.69) is 14.9 Å². The normalized spacial score (nSPS) is 19.3. The number of benzene rings is 1. The summed E-state index contributed by atoms with van der Waals surface area (Å²) in [7, 11) is 0. The third kappa shape index (κ3) is 2.29. The monoisotopic (exact) mass is 298 g/mol. The molecule has 2 aliphatic rings. The number of rotatable bonds is 2. The van der Waals surface area contributed by atoms with E-state index in [4.69, 9.17) is 4.74 Å². The molecule has 1 aromatic carbocycles. The quantitative estimate of drug-likeness (QED) is 0.825. The Balaban J connectivity index is 1.47. The van der Waals surface area contributed by atoms with E-state index in [0.717, 1.165) is 29.8 Å². The molecule has 0 atom stereocenters. The van der Waals surface area contributed by atoms with E-state index in [1.807, 2.05) is 29.2 Å². The van der Waals surface area contributed by atoms with Gasteiger partial charge in [-0.05, 0) is 12.1 Å². The first kappa shape index (κ1) is 13.5. The fraction of sp³-hybridized carbons (Fsp3) is 0.438. The number of aromatic nitrogens is 2. The Hall–Kier alpha value is -2.21. The van der Waals surface area contributed by atoms with Crippen LogP contribution in [-0.4, -0.2) is 60.2 Å². The number of morpholine rings is 1. The molecule has 6 heteroatoms. The molecule has 0 bridgehead atoms. The molecule has 2 saturated heterocycles. The zero-order valence-electron chi connectivity index (χ0n) is 12.3. The van der Waals surface area contributed by atoms with Crippen molar-refractivity contribution in [3.8, 4) is 0 Å². The van der Waals surface area contributed by atoms with Gasteiger partial charge in [-0.2, -0.15) is 0 Å². The SMILES string of the molecule is O=C(C1CN(c2ncnc3ccccc23)C1)N1CCOCC1. The predicted octanol–water partition coefficient (Wildman–Crippen LogP) is 0.925. The van der Waals surface area contributed by atoms with Gasteiger partial charge < -0.3 is 14.5 Å². The van der Waals surface area contributed by atoms with Crippen molar-refractivity contribution in [2.45, 2.75) is 0 Å². The van der Waals surface area contributed by atoms with Crippen LogP contribution in [0.5, 0.6) is 0 Å². The molecule has 114 valence electrons. The number of hydrogen-bond donors (Lipinski definition) is 0. The number of fused-ring (bicyclic) bond motifs is 1. The minimum Gasteiger partial charge on any atom is -0.378 e. The van der Waals surface area contributed by atoms with Crippen LogP contribution < -0.4 is 4.90 Å². The molecule has 0 saturated carbocycles. The number of para-hydroxylation sites is 1. The maximum absolute atomic E-state index is 12.4. The number of ether oxygens (including phenoxy) is 1. The summed E-state index contributed by atoms with van der Waals surface area (Å²) >= 11 is 0. The van der Waals surface area contributed by atoms with Crippen molar-refractivity contribution in [1.29, 1.82) is 0 Å². The average molecular weight is 298 g/mol. The number of nitrogens with zero attached hydrogens (tertiary/aromatic N) is 4. The van der Waals surface area contributed by atoms with Crippen LogP contribution in [0.1, 0.15) is 0 Å². The van der Waals surface area contributed by atoms with Gasteiger partial charge in [-0.25, -0.2) is 9.97 Å². The maximum Gasteiger partial charge on any atom is 0.229 e. The smallest absolute Gasteiger partial charge is 0.229 e. The third-order valence-electron chi connectivity index (χ3n) is 4.37. The Bertz CT molecular complexity index is 688. The van der Waals surface area contributed by atoms with Gasteiger partial charge in [0.2, 0.25) is 5.91 Å². The standard InChI is InChI=1S/C16H18N4O2/c21-16(19-5-7-22-8-6-19)12-9-20(10-12)15-13-3-1-2-4-14(13)17-11-18-15/h1-4,11-12H,5-10H2. The number of amides is 1. The van der Waals surface area contributed by atoms with E-state index in [-0.39, 0.29) is 11.8 Å². The molecule has 22 heavy (non-hydrogen) atoms. The first-order valence-electron chi connectivity index (χ1n) is 7.64. The first-order chi connectivity index (χ1) is 10.8. The Morgan fingerprint density at radius 2 is 1.91 bits per heavy atom. The van der Waals surface area contributed by atoms with Crippen LogP contribution in [0, 0.1) is 5.92 Å². The summed E-state index contributed by atoms with van der Waals surface area (Å²) in [5.74, 6) is 1.25. The molecule has 0 aliphatic carbocycles. The van der Waals surface area contributed by atoms with E-state index >= 15 is 0 Å². The summed E-state index contributed by atoms with van der Waals surface area (Å²) in [4.78, 5) is 25.2. The lowest BCUT2D eigenvalue weighted by molar-refractivity contribution is -0.140. The highest BCUT2D eigenvalue weighted by Gasteiger charge is 2.37. The van der Waals surface area contributed by atoms with Crippen molar-refractivity contribution < 1.29 is 9.53 Å². The lowest BCUT2D eigenvalue weighted by Gasteiger charge is -2.42. The molecule has 1 aromatic heterocycles. The summed E-state index contributed by atoms with van der Waals surface area (Å²) in [6.45, 7) is 4.20. The Morgan fingerprint density at radius 3 is 2.73 bits per heavy atom. The molecule has 4 rings (SSSR count). The highest BCUT2D eigenvalue weighted by atomic mass is 16.5. The second-order valence-corrected chi connectivity index (χ2v) is 5.75. The highest BCUT2D eigenvalue weighted by Crippen LogP contribution is 2.29. The third-order valence-corrected chi connectivity index (χ3v) is 4.37. The highest BCUT2D eigenvalue weighted by molar-refractivity contribution is 5.91. The Morgan fingerprint density at radius 1 is 1.14 bits per heavy atom. The van der Waals surface area contributed by atoms with Gasteiger partial charge >= 0.3 is 0 Å². The molecule has 3 heterocycles. The van der Waals surface area contributed by atoms with Crippen LogP contribution >= 0.6 is 0 Å². The van der Waals surface area contributed by atoms with Crippen LogP contribution in [0.25, 0.3) is 10.9 Å². The van der Waals surface area contributed by atoms with Crippen molar-refractivity contribution in [3.63, 3.8) is 0 Å². The maximum atomic E-state index is 12.4.